The molecule has 1 aromatic rings. The van der Waals surface area contributed by atoms with Gasteiger partial charge in [0.1, 0.15) is 0 Å². The number of unbranched alkanes of at least 4 members (excludes halogenated alkanes) is 6. The topological polar surface area (TPSA) is 80.3 Å². The summed E-state index contributed by atoms with van der Waals surface area (Å²) in [5.41, 5.74) is 0.989. The average Bonchev–Trinajstić information content (AvgIpc) is 2.51. The van der Waals surface area contributed by atoms with Crippen molar-refractivity contribution in [3.8, 4) is 0 Å². The van der Waals surface area contributed by atoms with Gasteiger partial charge in [0.15, 0.2) is 0 Å². The van der Waals surface area contributed by atoms with Crippen LogP contribution in [0.4, 0.5) is 0 Å². The molecule has 1 rings (SSSR count). The summed E-state index contributed by atoms with van der Waals surface area (Å²) in [5.74, 6) is -3.05. The van der Waals surface area contributed by atoms with Crippen LogP contribution < -0.4 is 10.2 Å². The van der Waals surface area contributed by atoms with Gasteiger partial charge in [-0.05, 0) is 30.0 Å². The maximum absolute atomic E-state index is 11.1. The van der Waals surface area contributed by atoms with E-state index in [1.54, 1.807) is 18.2 Å². The molecule has 0 saturated heterocycles. The molecule has 0 radical (unpaired) electrons. The van der Waals surface area contributed by atoms with E-state index in [0.29, 0.717) is 11.6 Å². The Kier molecular flexibility index (Phi) is 13.0. The quantitative estimate of drug-likeness (QED) is 0.342. The molecule has 0 unspecified atom stereocenters. The van der Waals surface area contributed by atoms with Gasteiger partial charge in [0, 0.05) is 5.57 Å². The zero-order valence-electron chi connectivity index (χ0n) is 14.4. The summed E-state index contributed by atoms with van der Waals surface area (Å²) < 4.78 is 0. The third-order valence-electron chi connectivity index (χ3n) is 3.79. The van der Waals surface area contributed by atoms with E-state index in [-0.39, 0.29) is 43.3 Å². The van der Waals surface area contributed by atoms with Crippen LogP contribution >= 0.6 is 0 Å². The van der Waals surface area contributed by atoms with E-state index >= 15 is 0 Å². The Labute approximate surface area is 174 Å². The van der Waals surface area contributed by atoms with Crippen molar-refractivity contribution < 1.29 is 19.8 Å². The average molecular weight is 356 g/mol. The predicted octanol–water partition coefficient (Wildman–Crippen LogP) is 1.48. The number of rotatable bonds is 11. The normalized spacial score (nSPS) is 11.0. The summed E-state index contributed by atoms with van der Waals surface area (Å²) in [7, 11) is 0. The SMILES string of the molecule is CCCCCCCCCc1cccc(/C(=C/C(=O)[O-])C(=O)[O-])c1.[Ca+2]. The molecule has 0 spiro atoms. The Hall–Kier alpha value is -0.840. The predicted molar refractivity (Wildman–Crippen MR) is 91.9 cm³/mol. The van der Waals surface area contributed by atoms with Crippen molar-refractivity contribution in [2.75, 3.05) is 0 Å². The Balaban J connectivity index is 0.00000529. The van der Waals surface area contributed by atoms with Crippen LogP contribution in [-0.4, -0.2) is 49.7 Å². The van der Waals surface area contributed by atoms with Gasteiger partial charge in [-0.3, -0.25) is 0 Å². The molecule has 0 aromatic heterocycles. The first kappa shape index (κ1) is 23.2. The third kappa shape index (κ3) is 9.45. The zero-order valence-corrected chi connectivity index (χ0v) is 16.6. The Morgan fingerprint density at radius 2 is 1.62 bits per heavy atom. The molecular weight excluding hydrogens is 332 g/mol. The molecule has 0 atom stereocenters. The van der Waals surface area contributed by atoms with E-state index in [2.05, 4.69) is 6.92 Å². The molecule has 5 heteroatoms. The molecule has 0 N–H and O–H groups in total. The van der Waals surface area contributed by atoms with Crippen molar-refractivity contribution in [1.29, 1.82) is 0 Å². The second-order valence-corrected chi connectivity index (χ2v) is 5.74. The van der Waals surface area contributed by atoms with Crippen LogP contribution in [0.25, 0.3) is 5.57 Å². The first-order valence-corrected chi connectivity index (χ1v) is 8.28. The summed E-state index contributed by atoms with van der Waals surface area (Å²) in [4.78, 5) is 21.7. The van der Waals surface area contributed by atoms with Gasteiger partial charge in [0.05, 0.1) is 11.9 Å². The van der Waals surface area contributed by atoms with Gasteiger partial charge in [-0.15, -0.1) is 0 Å². The fourth-order valence-electron chi connectivity index (χ4n) is 2.56. The van der Waals surface area contributed by atoms with Gasteiger partial charge >= 0.3 is 37.7 Å². The van der Waals surface area contributed by atoms with Crippen molar-refractivity contribution in [2.45, 2.75) is 58.3 Å². The number of carbonyl (C=O) groups excluding carboxylic acids is 2. The minimum atomic E-state index is -1.54. The van der Waals surface area contributed by atoms with E-state index in [4.69, 9.17) is 0 Å². The van der Waals surface area contributed by atoms with Crippen molar-refractivity contribution in [3.05, 3.63) is 41.5 Å². The van der Waals surface area contributed by atoms with Crippen LogP contribution in [-0.2, 0) is 16.0 Å². The molecule has 24 heavy (non-hydrogen) atoms. The Morgan fingerprint density at radius 3 is 2.21 bits per heavy atom. The van der Waals surface area contributed by atoms with Crippen molar-refractivity contribution in [1.82, 2.24) is 0 Å². The molecule has 0 fully saturated rings. The maximum Gasteiger partial charge on any atom is 2.00 e. The second-order valence-electron chi connectivity index (χ2n) is 5.74. The van der Waals surface area contributed by atoms with Gasteiger partial charge < -0.3 is 19.8 Å². The number of carboxylic acid groups (broad SMARTS) is 2. The standard InChI is InChI=1S/C19H26O4.Ca/c1-2-3-4-5-6-7-8-10-15-11-9-12-16(13-15)17(19(22)23)14-18(20)21;/h9,11-14H,2-8,10H2,1H3,(H,20,21)(H,22,23);/q;+2/p-2/b17-14-;. The van der Waals surface area contributed by atoms with Crippen LogP contribution in [0.15, 0.2) is 30.3 Å². The van der Waals surface area contributed by atoms with Gasteiger partial charge in [0.25, 0.3) is 0 Å². The Morgan fingerprint density at radius 1 is 1.00 bits per heavy atom. The summed E-state index contributed by atoms with van der Waals surface area (Å²) in [6, 6.07) is 6.94. The monoisotopic (exact) mass is 356 g/mol. The maximum atomic E-state index is 11.1. The minimum absolute atomic E-state index is 0. The minimum Gasteiger partial charge on any atom is -0.545 e. The van der Waals surface area contributed by atoms with E-state index in [1.165, 1.54) is 32.1 Å². The molecule has 0 aliphatic heterocycles. The van der Waals surface area contributed by atoms with E-state index < -0.39 is 11.9 Å². The zero-order chi connectivity index (χ0) is 17.1. The van der Waals surface area contributed by atoms with Crippen molar-refractivity contribution in [2.24, 2.45) is 0 Å². The molecule has 4 nitrogen and oxygen atoms in total. The van der Waals surface area contributed by atoms with Crippen LogP contribution in [0.5, 0.6) is 0 Å². The number of hydrogen-bond donors (Lipinski definition) is 0. The number of benzene rings is 1. The molecular formula is C19H24CaO4. The number of carboxylic acids is 2. The number of hydrogen-bond acceptors (Lipinski definition) is 4. The third-order valence-corrected chi connectivity index (χ3v) is 3.79. The molecule has 0 bridgehead atoms. The van der Waals surface area contributed by atoms with E-state index in [0.717, 1.165) is 24.8 Å². The fourth-order valence-corrected chi connectivity index (χ4v) is 2.56. The second kappa shape index (κ2) is 13.5. The fraction of sp³-hybridized carbons (Fsp3) is 0.474. The van der Waals surface area contributed by atoms with Gasteiger partial charge in [-0.25, -0.2) is 0 Å². The van der Waals surface area contributed by atoms with Crippen molar-refractivity contribution in [3.63, 3.8) is 0 Å². The largest absolute Gasteiger partial charge is 2.00 e. The van der Waals surface area contributed by atoms with Crippen LogP contribution in [0.3, 0.4) is 0 Å². The van der Waals surface area contributed by atoms with E-state index in [1.807, 2.05) is 6.07 Å². The smallest absolute Gasteiger partial charge is 0.545 e. The molecule has 1 aromatic carbocycles. The Bertz CT molecular complexity index is 552. The molecule has 0 aliphatic carbocycles. The molecule has 0 heterocycles. The first-order chi connectivity index (χ1) is 11.0. The molecule has 0 saturated carbocycles. The van der Waals surface area contributed by atoms with Gasteiger partial charge in [-0.2, -0.15) is 0 Å². The van der Waals surface area contributed by atoms with E-state index in [9.17, 15) is 19.8 Å². The number of aliphatic carboxylic acids is 2. The number of aryl methyl sites for hydroxylation is 1. The van der Waals surface area contributed by atoms with Gasteiger partial charge in [0.2, 0.25) is 0 Å². The molecule has 0 aliphatic rings. The molecule has 126 valence electrons. The number of carbonyl (C=O) groups is 2. The van der Waals surface area contributed by atoms with Crippen molar-refractivity contribution >= 4 is 55.2 Å². The summed E-state index contributed by atoms with van der Waals surface area (Å²) in [6.07, 6.45) is 9.92. The van der Waals surface area contributed by atoms with Crippen LogP contribution in [0.2, 0.25) is 0 Å². The summed E-state index contributed by atoms with van der Waals surface area (Å²) in [5, 5.41) is 21.7. The van der Waals surface area contributed by atoms with Crippen LogP contribution in [0.1, 0.15) is 63.0 Å². The van der Waals surface area contributed by atoms with Gasteiger partial charge in [-0.1, -0.05) is 69.7 Å². The van der Waals surface area contributed by atoms with Crippen LogP contribution in [0, 0.1) is 0 Å². The first-order valence-electron chi connectivity index (χ1n) is 8.28. The summed E-state index contributed by atoms with van der Waals surface area (Å²) >= 11 is 0. The summed E-state index contributed by atoms with van der Waals surface area (Å²) in [6.45, 7) is 2.20. The molecule has 0 amide bonds.